The molecule has 0 bridgehead atoms. The Bertz CT molecular complexity index is 831. The molecule has 0 unspecified atom stereocenters. The van der Waals surface area contributed by atoms with E-state index in [1.165, 1.54) is 27.7 Å². The van der Waals surface area contributed by atoms with Crippen LogP contribution in [0.5, 0.6) is 5.75 Å². The Morgan fingerprint density at radius 2 is 1.39 bits per heavy atom. The number of carbonyl (C=O) groups excluding carboxylic acids is 4. The smallest absolute Gasteiger partial charge is 0.303 e. The van der Waals surface area contributed by atoms with Crippen LogP contribution in [0.4, 0.5) is 5.69 Å². The summed E-state index contributed by atoms with van der Waals surface area (Å²) in [5, 5.41) is -0.682. The van der Waals surface area contributed by atoms with Crippen LogP contribution in [-0.4, -0.2) is 59.5 Å². The van der Waals surface area contributed by atoms with Crippen LogP contribution >= 0.6 is 11.8 Å². The third-order valence-corrected chi connectivity index (χ3v) is 5.50. The lowest BCUT2D eigenvalue weighted by Crippen LogP contribution is -2.59. The van der Waals surface area contributed by atoms with Crippen molar-refractivity contribution in [2.24, 2.45) is 0 Å². The van der Waals surface area contributed by atoms with Gasteiger partial charge in [0.05, 0.1) is 10.9 Å². The average molecular weight is 455 g/mol. The summed E-state index contributed by atoms with van der Waals surface area (Å²) in [6.07, 6.45) is -3.41. The minimum atomic E-state index is -1.21. The molecule has 1 saturated heterocycles. The maximum atomic E-state index is 11.8. The van der Waals surface area contributed by atoms with Crippen LogP contribution in [0.2, 0.25) is 0 Å². The van der Waals surface area contributed by atoms with Gasteiger partial charge in [0.2, 0.25) is 0 Å². The van der Waals surface area contributed by atoms with Gasteiger partial charge in [0.1, 0.15) is 12.4 Å². The van der Waals surface area contributed by atoms with Crippen LogP contribution in [0.1, 0.15) is 27.7 Å². The zero-order valence-electron chi connectivity index (χ0n) is 17.6. The number of nitrogen functional groups attached to an aromatic ring is 1. The quantitative estimate of drug-likeness (QED) is 0.363. The van der Waals surface area contributed by atoms with E-state index in [1.807, 2.05) is 0 Å². The monoisotopic (exact) mass is 455 g/mol. The predicted molar refractivity (Wildman–Crippen MR) is 110 cm³/mol. The maximum absolute atomic E-state index is 11.8. The number of benzene rings is 1. The number of thioether (sulfide) groups is 1. The Labute approximate surface area is 183 Å². The Morgan fingerprint density at radius 1 is 0.839 bits per heavy atom. The van der Waals surface area contributed by atoms with Crippen molar-refractivity contribution in [3.8, 4) is 5.75 Å². The van der Waals surface area contributed by atoms with Crippen molar-refractivity contribution in [1.82, 2.24) is 0 Å². The first kappa shape index (κ1) is 24.3. The fourth-order valence-corrected chi connectivity index (χ4v) is 4.38. The number of rotatable bonds is 7. The van der Waals surface area contributed by atoms with E-state index >= 15 is 0 Å². The normalized spacial score (nSPS) is 25.1. The zero-order chi connectivity index (χ0) is 23.1. The summed E-state index contributed by atoms with van der Waals surface area (Å²) >= 11 is 1.11. The van der Waals surface area contributed by atoms with Crippen molar-refractivity contribution < 1.29 is 42.9 Å². The largest absolute Gasteiger partial charge is 0.474 e. The lowest BCUT2D eigenvalue weighted by molar-refractivity contribution is -0.190. The third kappa shape index (κ3) is 7.06. The predicted octanol–water partition coefficient (Wildman–Crippen LogP) is 1.45. The van der Waals surface area contributed by atoms with Gasteiger partial charge in [-0.3, -0.25) is 19.2 Å². The number of para-hydroxylation sites is 2. The number of esters is 4. The molecule has 2 N–H and O–H groups in total. The van der Waals surface area contributed by atoms with Crippen LogP contribution in [-0.2, 0) is 38.1 Å². The van der Waals surface area contributed by atoms with E-state index in [4.69, 9.17) is 29.4 Å². The van der Waals surface area contributed by atoms with E-state index in [9.17, 15) is 19.2 Å². The van der Waals surface area contributed by atoms with E-state index in [0.717, 1.165) is 11.8 Å². The average Bonchev–Trinajstić information content (AvgIpc) is 2.65. The van der Waals surface area contributed by atoms with Gasteiger partial charge >= 0.3 is 23.9 Å². The van der Waals surface area contributed by atoms with Crippen LogP contribution in [0.25, 0.3) is 0 Å². The molecule has 1 aliphatic heterocycles. The second-order valence-corrected chi connectivity index (χ2v) is 8.07. The molecule has 0 spiro atoms. The maximum Gasteiger partial charge on any atom is 0.303 e. The van der Waals surface area contributed by atoms with Gasteiger partial charge in [-0.1, -0.05) is 12.1 Å². The van der Waals surface area contributed by atoms with Crippen LogP contribution in [0.15, 0.2) is 24.3 Å². The first-order valence-corrected chi connectivity index (χ1v) is 10.3. The van der Waals surface area contributed by atoms with Crippen LogP contribution in [0.3, 0.4) is 0 Å². The highest BCUT2D eigenvalue weighted by Crippen LogP contribution is 2.40. The summed E-state index contributed by atoms with van der Waals surface area (Å²) in [6.45, 7) is 4.62. The van der Waals surface area contributed by atoms with Crippen molar-refractivity contribution in [3.05, 3.63) is 24.3 Å². The molecule has 170 valence electrons. The highest BCUT2D eigenvalue weighted by atomic mass is 32.2. The molecule has 5 atom stereocenters. The molecule has 1 aromatic carbocycles. The summed E-state index contributed by atoms with van der Waals surface area (Å²) < 4.78 is 27.3. The van der Waals surface area contributed by atoms with E-state index in [2.05, 4.69) is 0 Å². The second-order valence-electron chi connectivity index (χ2n) is 6.72. The Morgan fingerprint density at radius 3 is 1.94 bits per heavy atom. The molecule has 1 heterocycles. The van der Waals surface area contributed by atoms with Crippen molar-refractivity contribution in [2.75, 3.05) is 12.3 Å². The number of ether oxygens (including phenoxy) is 5. The third-order valence-electron chi connectivity index (χ3n) is 4.11. The van der Waals surface area contributed by atoms with Gasteiger partial charge in [-0.2, -0.15) is 0 Å². The number of nitrogens with two attached hydrogens (primary N) is 1. The molecular weight excluding hydrogens is 430 g/mol. The van der Waals surface area contributed by atoms with Gasteiger partial charge in [0.25, 0.3) is 0 Å². The molecule has 1 aromatic rings. The number of hydrogen-bond donors (Lipinski definition) is 1. The lowest BCUT2D eigenvalue weighted by atomic mass is 10.0. The molecule has 10 nitrogen and oxygen atoms in total. The number of hydrogen-bond acceptors (Lipinski definition) is 11. The SMILES string of the molecule is CC(=O)OC[C@@H]1S[C@H](Oc2ccccc2N)[C@H](OC(C)=O)[C@@H](OC(C)=O)[C@@H]1OC(C)=O. The zero-order valence-corrected chi connectivity index (χ0v) is 18.4. The molecule has 0 saturated carbocycles. The standard InChI is InChI=1S/C20H25NO9S/c1-10(22)26-9-16-17(27-11(2)23)18(28-12(3)24)19(29-13(4)25)20(31-16)30-15-8-6-5-7-14(15)21/h5-8,16-20H,9,21H2,1-4H3/t16-,17+,18-,19+,20-/m0/s1. The van der Waals surface area contributed by atoms with Gasteiger partial charge in [-0.25, -0.2) is 0 Å². The van der Waals surface area contributed by atoms with Crippen molar-refractivity contribution >= 4 is 41.3 Å². The highest BCUT2D eigenvalue weighted by molar-refractivity contribution is 8.00. The van der Waals surface area contributed by atoms with E-state index in [-0.39, 0.29) is 6.61 Å². The fourth-order valence-electron chi connectivity index (χ4n) is 3.00. The molecule has 1 fully saturated rings. The number of carbonyl (C=O) groups is 4. The van der Waals surface area contributed by atoms with Crippen molar-refractivity contribution in [2.45, 2.75) is 56.7 Å². The van der Waals surface area contributed by atoms with Gasteiger partial charge in [-0.15, -0.1) is 11.8 Å². The molecule has 0 aliphatic carbocycles. The molecule has 0 amide bonds. The van der Waals surface area contributed by atoms with E-state index in [1.54, 1.807) is 24.3 Å². The Kier molecular flexibility index (Phi) is 8.55. The van der Waals surface area contributed by atoms with E-state index in [0.29, 0.717) is 11.4 Å². The van der Waals surface area contributed by atoms with Gasteiger partial charge in [0.15, 0.2) is 23.7 Å². The first-order chi connectivity index (χ1) is 14.6. The second kappa shape index (κ2) is 10.9. The van der Waals surface area contributed by atoms with Crippen LogP contribution < -0.4 is 10.5 Å². The fraction of sp³-hybridized carbons (Fsp3) is 0.500. The van der Waals surface area contributed by atoms with Crippen molar-refractivity contribution in [3.63, 3.8) is 0 Å². The summed E-state index contributed by atoms with van der Waals surface area (Å²) in [5.41, 5.74) is 5.39. The minimum Gasteiger partial charge on any atom is -0.474 e. The van der Waals surface area contributed by atoms with Gasteiger partial charge in [0, 0.05) is 27.7 Å². The summed E-state index contributed by atoms with van der Waals surface area (Å²) in [6, 6.07) is 6.69. The highest BCUT2D eigenvalue weighted by Gasteiger charge is 2.53. The first-order valence-electron chi connectivity index (χ1n) is 9.40. The minimum absolute atomic E-state index is 0.160. The molecule has 31 heavy (non-hydrogen) atoms. The topological polar surface area (TPSA) is 140 Å². The Balaban J connectivity index is 2.46. The molecule has 1 aliphatic rings. The molecule has 0 radical (unpaired) electrons. The number of anilines is 1. The molecular formula is C20H25NO9S. The molecule has 11 heteroatoms. The van der Waals surface area contributed by atoms with Gasteiger partial charge in [-0.05, 0) is 12.1 Å². The summed E-state index contributed by atoms with van der Waals surface area (Å²) in [4.78, 5) is 46.7. The Hall–Kier alpha value is -2.95. The molecule has 2 rings (SSSR count). The van der Waals surface area contributed by atoms with Crippen LogP contribution in [0, 0.1) is 0 Å². The van der Waals surface area contributed by atoms with E-state index < -0.39 is 52.9 Å². The summed E-state index contributed by atoms with van der Waals surface area (Å²) in [5.74, 6) is -2.22. The lowest BCUT2D eigenvalue weighted by Gasteiger charge is -2.43. The summed E-state index contributed by atoms with van der Waals surface area (Å²) in [7, 11) is 0. The van der Waals surface area contributed by atoms with Gasteiger partial charge < -0.3 is 29.4 Å². The molecule has 0 aromatic heterocycles. The van der Waals surface area contributed by atoms with Crippen molar-refractivity contribution in [1.29, 1.82) is 0 Å².